The molecule has 0 aliphatic heterocycles. The van der Waals surface area contributed by atoms with E-state index in [4.69, 9.17) is 0 Å². The lowest BCUT2D eigenvalue weighted by atomic mass is 10.1. The van der Waals surface area contributed by atoms with Gasteiger partial charge >= 0.3 is 6.36 Å². The van der Waals surface area contributed by atoms with Crippen molar-refractivity contribution < 1.29 is 17.9 Å². The van der Waals surface area contributed by atoms with Gasteiger partial charge in [-0.05, 0) is 24.1 Å². The number of nitrogens with zero attached hydrogens (tertiary/aromatic N) is 4. The van der Waals surface area contributed by atoms with Crippen LogP contribution < -0.4 is 15.4 Å². The van der Waals surface area contributed by atoms with E-state index in [2.05, 4.69) is 30.6 Å². The molecule has 0 aliphatic carbocycles. The van der Waals surface area contributed by atoms with Crippen molar-refractivity contribution in [2.45, 2.75) is 32.7 Å². The molecule has 0 fully saturated rings. The maximum Gasteiger partial charge on any atom is 0.573 e. The maximum absolute atomic E-state index is 12.1. The zero-order valence-electron chi connectivity index (χ0n) is 15.3. The highest BCUT2D eigenvalue weighted by atomic mass is 19.4. The largest absolute Gasteiger partial charge is 0.573 e. The van der Waals surface area contributed by atoms with Crippen LogP contribution in [0.1, 0.15) is 18.3 Å². The second-order valence-electron chi connectivity index (χ2n) is 5.66. The summed E-state index contributed by atoms with van der Waals surface area (Å²) in [6, 6.07) is 5.83. The molecule has 0 saturated heterocycles. The highest BCUT2D eigenvalue weighted by Crippen LogP contribution is 2.22. The molecular weight excluding hydrogens is 361 g/mol. The molecule has 0 spiro atoms. The summed E-state index contributed by atoms with van der Waals surface area (Å²) < 4.78 is 42.3. The number of hydrogen-bond acceptors (Lipinski definition) is 4. The summed E-state index contributed by atoms with van der Waals surface area (Å²) in [4.78, 5) is 4.14. The average Bonchev–Trinajstić information content (AvgIpc) is 3.08. The van der Waals surface area contributed by atoms with Crippen LogP contribution in [0.5, 0.6) is 5.75 Å². The minimum absolute atomic E-state index is 0.225. The van der Waals surface area contributed by atoms with Crippen molar-refractivity contribution >= 4 is 5.96 Å². The van der Waals surface area contributed by atoms with E-state index in [1.165, 1.54) is 12.1 Å². The number of nitrogens with one attached hydrogen (secondary N) is 2. The Morgan fingerprint density at radius 1 is 1.19 bits per heavy atom. The molecule has 0 atom stereocenters. The predicted molar refractivity (Wildman–Crippen MR) is 95.6 cm³/mol. The highest BCUT2D eigenvalue weighted by molar-refractivity contribution is 5.79. The summed E-state index contributed by atoms with van der Waals surface area (Å²) in [5.41, 5.74) is 0.893. The fourth-order valence-electron chi connectivity index (χ4n) is 2.44. The van der Waals surface area contributed by atoms with Crippen molar-refractivity contribution in [1.82, 2.24) is 25.4 Å². The van der Waals surface area contributed by atoms with E-state index >= 15 is 0 Å². The van der Waals surface area contributed by atoms with Crippen molar-refractivity contribution in [3.8, 4) is 5.75 Å². The number of benzene rings is 1. The molecule has 1 heterocycles. The van der Waals surface area contributed by atoms with E-state index < -0.39 is 6.36 Å². The molecule has 0 radical (unpaired) electrons. The van der Waals surface area contributed by atoms with Gasteiger partial charge in [-0.25, -0.2) is 0 Å². The summed E-state index contributed by atoms with van der Waals surface area (Å²) in [6.07, 6.45) is -1.52. The van der Waals surface area contributed by atoms with Crippen molar-refractivity contribution in [2.75, 3.05) is 20.1 Å². The van der Waals surface area contributed by atoms with Crippen LogP contribution in [0.4, 0.5) is 13.2 Å². The third-order valence-electron chi connectivity index (χ3n) is 3.74. The van der Waals surface area contributed by atoms with Crippen LogP contribution in [0, 0.1) is 0 Å². The number of aromatic nitrogens is 3. The van der Waals surface area contributed by atoms with Crippen LogP contribution >= 0.6 is 0 Å². The SMILES string of the molecule is CCc1nncn1CCNC(=NC)NCCc1ccc(OC(F)(F)F)cc1. The number of rotatable bonds is 8. The number of hydrogen-bond donors (Lipinski definition) is 2. The molecule has 2 rings (SSSR count). The molecule has 2 N–H and O–H groups in total. The Kier molecular flexibility index (Phi) is 7.44. The van der Waals surface area contributed by atoms with Gasteiger partial charge in [0.25, 0.3) is 0 Å². The number of aliphatic imine (C=N–C) groups is 1. The lowest BCUT2D eigenvalue weighted by Gasteiger charge is -2.13. The first-order valence-electron chi connectivity index (χ1n) is 8.57. The normalized spacial score (nSPS) is 12.1. The lowest BCUT2D eigenvalue weighted by Crippen LogP contribution is -2.39. The Labute approximate surface area is 155 Å². The zero-order valence-corrected chi connectivity index (χ0v) is 15.3. The summed E-state index contributed by atoms with van der Waals surface area (Å²) >= 11 is 0. The van der Waals surface area contributed by atoms with Crippen LogP contribution in [0.2, 0.25) is 0 Å². The summed E-state index contributed by atoms with van der Waals surface area (Å²) in [6.45, 7) is 3.99. The van der Waals surface area contributed by atoms with Crippen molar-refractivity contribution in [3.05, 3.63) is 42.0 Å². The number of ether oxygens (including phenoxy) is 1. The lowest BCUT2D eigenvalue weighted by molar-refractivity contribution is -0.274. The molecule has 0 unspecified atom stereocenters. The Morgan fingerprint density at radius 2 is 1.89 bits per heavy atom. The smallest absolute Gasteiger partial charge is 0.406 e. The number of halogens is 3. The first kappa shape index (κ1) is 20.5. The number of guanidine groups is 1. The average molecular weight is 384 g/mol. The summed E-state index contributed by atoms with van der Waals surface area (Å²) in [5.74, 6) is 1.35. The first-order valence-corrected chi connectivity index (χ1v) is 8.57. The van der Waals surface area contributed by atoms with Crippen molar-refractivity contribution in [1.29, 1.82) is 0 Å². The van der Waals surface area contributed by atoms with Gasteiger partial charge in [-0.2, -0.15) is 0 Å². The molecule has 0 aliphatic rings. The van der Waals surface area contributed by atoms with Gasteiger partial charge in [0, 0.05) is 33.1 Å². The monoisotopic (exact) mass is 384 g/mol. The van der Waals surface area contributed by atoms with Gasteiger partial charge in [-0.1, -0.05) is 19.1 Å². The molecule has 0 amide bonds. The second kappa shape index (κ2) is 9.79. The fourth-order valence-corrected chi connectivity index (χ4v) is 2.44. The fraction of sp³-hybridized carbons (Fsp3) is 0.471. The summed E-state index contributed by atoms with van der Waals surface area (Å²) in [5, 5.41) is 14.3. The van der Waals surface area contributed by atoms with E-state index in [1.807, 2.05) is 11.5 Å². The minimum Gasteiger partial charge on any atom is -0.406 e. The van der Waals surface area contributed by atoms with Gasteiger partial charge in [-0.3, -0.25) is 4.99 Å². The first-order chi connectivity index (χ1) is 12.9. The van der Waals surface area contributed by atoms with Crippen LogP contribution in [0.25, 0.3) is 0 Å². The van der Waals surface area contributed by atoms with E-state index in [-0.39, 0.29) is 5.75 Å². The second-order valence-corrected chi connectivity index (χ2v) is 5.66. The van der Waals surface area contributed by atoms with Crippen LogP contribution in [0.15, 0.2) is 35.6 Å². The molecule has 2 aromatic rings. The quantitative estimate of drug-likeness (QED) is 0.539. The molecular formula is C17H23F3N6O. The van der Waals surface area contributed by atoms with E-state index in [1.54, 1.807) is 25.5 Å². The van der Waals surface area contributed by atoms with Crippen LogP contribution in [-0.4, -0.2) is 47.2 Å². The molecule has 1 aromatic heterocycles. The molecule has 7 nitrogen and oxygen atoms in total. The number of alkyl halides is 3. The van der Waals surface area contributed by atoms with Gasteiger partial charge < -0.3 is 19.9 Å². The van der Waals surface area contributed by atoms with Gasteiger partial charge in [0.15, 0.2) is 5.96 Å². The Bertz CT molecular complexity index is 727. The van der Waals surface area contributed by atoms with Crippen LogP contribution in [-0.2, 0) is 19.4 Å². The maximum atomic E-state index is 12.1. The molecule has 0 bridgehead atoms. The standard InChI is InChI=1S/C17H23F3N6O/c1-3-15-25-24-12-26(15)11-10-23-16(21-2)22-9-8-13-4-6-14(7-5-13)27-17(18,19)20/h4-7,12H,3,8-11H2,1-2H3,(H2,21,22,23). The molecule has 0 saturated carbocycles. The number of aryl methyl sites for hydroxylation is 1. The molecule has 148 valence electrons. The summed E-state index contributed by atoms with van der Waals surface area (Å²) in [7, 11) is 1.68. The highest BCUT2D eigenvalue weighted by Gasteiger charge is 2.30. The molecule has 1 aromatic carbocycles. The molecule has 10 heteroatoms. The van der Waals surface area contributed by atoms with Crippen molar-refractivity contribution in [3.63, 3.8) is 0 Å². The van der Waals surface area contributed by atoms with Crippen LogP contribution in [0.3, 0.4) is 0 Å². The van der Waals surface area contributed by atoms with E-state index in [9.17, 15) is 13.2 Å². The van der Waals surface area contributed by atoms with Gasteiger partial charge in [0.1, 0.15) is 17.9 Å². The van der Waals surface area contributed by atoms with E-state index in [0.717, 1.165) is 24.4 Å². The topological polar surface area (TPSA) is 76.4 Å². The van der Waals surface area contributed by atoms with Crippen molar-refractivity contribution in [2.24, 2.45) is 4.99 Å². The van der Waals surface area contributed by atoms with Gasteiger partial charge in [-0.15, -0.1) is 23.4 Å². The molecule has 27 heavy (non-hydrogen) atoms. The predicted octanol–water partition coefficient (Wildman–Crippen LogP) is 2.15. The minimum atomic E-state index is -4.67. The van der Waals surface area contributed by atoms with Gasteiger partial charge in [0.05, 0.1) is 0 Å². The Morgan fingerprint density at radius 3 is 2.52 bits per heavy atom. The third kappa shape index (κ3) is 7.16. The van der Waals surface area contributed by atoms with Gasteiger partial charge in [0.2, 0.25) is 0 Å². The Hall–Kier alpha value is -2.78. The Balaban J connectivity index is 1.71. The zero-order chi connectivity index (χ0) is 19.7. The third-order valence-corrected chi connectivity index (χ3v) is 3.74. The van der Waals surface area contributed by atoms with E-state index in [0.29, 0.717) is 25.5 Å².